The van der Waals surface area contributed by atoms with Crippen molar-refractivity contribution in [2.45, 2.75) is 44.3 Å². The average molecular weight is 393 g/mol. The van der Waals surface area contributed by atoms with Crippen molar-refractivity contribution in [1.82, 2.24) is 20.4 Å². The van der Waals surface area contributed by atoms with Crippen LogP contribution in [0.25, 0.3) is 0 Å². The fourth-order valence-corrected chi connectivity index (χ4v) is 3.51. The number of hydrogen-bond donors (Lipinski definition) is 2. The van der Waals surface area contributed by atoms with E-state index in [4.69, 9.17) is 0 Å². The number of aliphatic imine (C=N–C) groups is 1. The van der Waals surface area contributed by atoms with E-state index < -0.39 is 11.7 Å². The van der Waals surface area contributed by atoms with Gasteiger partial charge >= 0.3 is 6.18 Å². The lowest BCUT2D eigenvalue weighted by molar-refractivity contribution is -0.137. The van der Waals surface area contributed by atoms with Crippen LogP contribution in [0.4, 0.5) is 13.2 Å². The molecule has 0 amide bonds. The summed E-state index contributed by atoms with van der Waals surface area (Å²) in [6, 6.07) is 7.63. The van der Waals surface area contributed by atoms with E-state index in [1.807, 2.05) is 20.0 Å². The molecule has 3 rings (SSSR count). The summed E-state index contributed by atoms with van der Waals surface area (Å²) in [4.78, 5) is 4.58. The molecule has 8 heteroatoms. The van der Waals surface area contributed by atoms with Gasteiger partial charge in [0, 0.05) is 31.7 Å². The molecule has 1 saturated carbocycles. The molecule has 0 spiro atoms. The number of aromatic nitrogens is 2. The lowest BCUT2D eigenvalue weighted by Crippen LogP contribution is -2.49. The summed E-state index contributed by atoms with van der Waals surface area (Å²) >= 11 is 0. The molecule has 5 nitrogen and oxygen atoms in total. The Hall–Kier alpha value is -2.51. The zero-order chi connectivity index (χ0) is 20.2. The predicted octanol–water partition coefficient (Wildman–Crippen LogP) is 3.62. The lowest BCUT2D eigenvalue weighted by atomic mass is 9.64. The molecule has 0 saturated heterocycles. The Balaban J connectivity index is 1.73. The molecule has 0 radical (unpaired) electrons. The number of halogens is 3. The van der Waals surface area contributed by atoms with Crippen LogP contribution in [0.3, 0.4) is 0 Å². The molecule has 0 bridgehead atoms. The highest BCUT2D eigenvalue weighted by Crippen LogP contribution is 2.44. The first kappa shape index (κ1) is 20.2. The third-order valence-electron chi connectivity index (χ3n) is 5.37. The summed E-state index contributed by atoms with van der Waals surface area (Å²) in [7, 11) is 1.86. The maximum absolute atomic E-state index is 13.1. The van der Waals surface area contributed by atoms with Crippen LogP contribution in [0, 0.1) is 0 Å². The van der Waals surface area contributed by atoms with Gasteiger partial charge in [-0.25, -0.2) is 4.99 Å². The Bertz CT molecular complexity index is 821. The molecule has 1 heterocycles. The number of aryl methyl sites for hydroxylation is 1. The summed E-state index contributed by atoms with van der Waals surface area (Å²) in [6.45, 7) is 3.70. The first-order chi connectivity index (χ1) is 13.3. The van der Waals surface area contributed by atoms with Crippen LogP contribution < -0.4 is 10.6 Å². The fourth-order valence-electron chi connectivity index (χ4n) is 3.51. The van der Waals surface area contributed by atoms with Gasteiger partial charge in [-0.3, -0.25) is 4.68 Å². The fraction of sp³-hybridized carbons (Fsp3) is 0.500. The molecule has 1 aliphatic rings. The van der Waals surface area contributed by atoms with Crippen molar-refractivity contribution < 1.29 is 13.2 Å². The minimum atomic E-state index is -4.33. The summed E-state index contributed by atoms with van der Waals surface area (Å²) in [5.41, 5.74) is 0.842. The summed E-state index contributed by atoms with van der Waals surface area (Å²) in [5.74, 6) is 0.655. The quantitative estimate of drug-likeness (QED) is 0.582. The first-order valence-corrected chi connectivity index (χ1v) is 9.51. The first-order valence-electron chi connectivity index (χ1n) is 9.51. The SMILES string of the molecule is CCNC(=NCc1ccnn1C)NCC1(c2cccc(C(F)(F)F)c2)CCC1. The van der Waals surface area contributed by atoms with E-state index in [9.17, 15) is 13.2 Å². The largest absolute Gasteiger partial charge is 0.416 e. The van der Waals surface area contributed by atoms with Crippen LogP contribution in [-0.4, -0.2) is 28.8 Å². The van der Waals surface area contributed by atoms with E-state index in [0.717, 1.165) is 36.6 Å². The van der Waals surface area contributed by atoms with E-state index >= 15 is 0 Å². The topological polar surface area (TPSA) is 54.2 Å². The van der Waals surface area contributed by atoms with Crippen molar-refractivity contribution in [2.75, 3.05) is 13.1 Å². The Morgan fingerprint density at radius 3 is 2.61 bits per heavy atom. The van der Waals surface area contributed by atoms with E-state index in [2.05, 4.69) is 20.7 Å². The van der Waals surface area contributed by atoms with Crippen LogP contribution in [0.5, 0.6) is 0 Å². The normalized spacial score (nSPS) is 16.5. The van der Waals surface area contributed by atoms with Crippen LogP contribution in [0.15, 0.2) is 41.5 Å². The van der Waals surface area contributed by atoms with E-state index in [-0.39, 0.29) is 5.41 Å². The Morgan fingerprint density at radius 1 is 1.25 bits per heavy atom. The second-order valence-electron chi connectivity index (χ2n) is 7.21. The highest BCUT2D eigenvalue weighted by molar-refractivity contribution is 5.79. The van der Waals surface area contributed by atoms with Gasteiger partial charge in [0.1, 0.15) is 0 Å². The van der Waals surface area contributed by atoms with Crippen LogP contribution >= 0.6 is 0 Å². The summed E-state index contributed by atoms with van der Waals surface area (Å²) in [6.07, 6.45) is 0.140. The molecule has 1 fully saturated rings. The van der Waals surface area contributed by atoms with Crippen molar-refractivity contribution in [2.24, 2.45) is 12.0 Å². The van der Waals surface area contributed by atoms with Gasteiger partial charge in [-0.2, -0.15) is 18.3 Å². The lowest BCUT2D eigenvalue weighted by Gasteiger charge is -2.43. The zero-order valence-corrected chi connectivity index (χ0v) is 16.2. The van der Waals surface area contributed by atoms with Crippen molar-refractivity contribution >= 4 is 5.96 Å². The maximum Gasteiger partial charge on any atom is 0.416 e. The maximum atomic E-state index is 13.1. The number of benzene rings is 1. The second kappa shape index (κ2) is 8.24. The minimum Gasteiger partial charge on any atom is -0.357 e. The van der Waals surface area contributed by atoms with E-state index in [1.165, 1.54) is 12.1 Å². The molecule has 1 aliphatic carbocycles. The summed E-state index contributed by atoms with van der Waals surface area (Å²) in [5, 5.41) is 10.7. The van der Waals surface area contributed by atoms with Gasteiger partial charge in [-0.1, -0.05) is 24.6 Å². The smallest absolute Gasteiger partial charge is 0.357 e. The molecular formula is C20H26F3N5. The number of nitrogens with one attached hydrogen (secondary N) is 2. The van der Waals surface area contributed by atoms with Crippen molar-refractivity contribution in [3.63, 3.8) is 0 Å². The third kappa shape index (κ3) is 4.48. The third-order valence-corrected chi connectivity index (χ3v) is 5.37. The van der Waals surface area contributed by atoms with Gasteiger partial charge in [0.2, 0.25) is 0 Å². The molecule has 0 unspecified atom stereocenters. The van der Waals surface area contributed by atoms with Crippen molar-refractivity contribution in [3.05, 3.63) is 53.3 Å². The molecular weight excluding hydrogens is 367 g/mol. The molecule has 0 aliphatic heterocycles. The number of nitrogens with zero attached hydrogens (tertiary/aromatic N) is 3. The van der Waals surface area contributed by atoms with Gasteiger partial charge in [0.05, 0.1) is 17.8 Å². The Kier molecular flexibility index (Phi) is 5.96. The molecule has 1 aromatic heterocycles. The van der Waals surface area contributed by atoms with Crippen LogP contribution in [0.2, 0.25) is 0 Å². The zero-order valence-electron chi connectivity index (χ0n) is 16.2. The monoisotopic (exact) mass is 393 g/mol. The highest BCUT2D eigenvalue weighted by atomic mass is 19.4. The molecule has 1 aromatic carbocycles. The van der Waals surface area contributed by atoms with Crippen molar-refractivity contribution in [1.29, 1.82) is 0 Å². The molecule has 152 valence electrons. The number of guanidine groups is 1. The Morgan fingerprint density at radius 2 is 2.04 bits per heavy atom. The van der Waals surface area contributed by atoms with E-state index in [0.29, 0.717) is 25.6 Å². The van der Waals surface area contributed by atoms with Gasteiger partial charge in [0.15, 0.2) is 5.96 Å². The molecule has 28 heavy (non-hydrogen) atoms. The summed E-state index contributed by atoms with van der Waals surface area (Å²) < 4.78 is 41.1. The number of rotatable bonds is 6. The molecule has 0 atom stereocenters. The molecule has 2 N–H and O–H groups in total. The average Bonchev–Trinajstić information content (AvgIpc) is 3.03. The molecule has 2 aromatic rings. The van der Waals surface area contributed by atoms with Crippen LogP contribution in [0.1, 0.15) is 43.0 Å². The van der Waals surface area contributed by atoms with Crippen LogP contribution in [-0.2, 0) is 25.2 Å². The van der Waals surface area contributed by atoms with Crippen molar-refractivity contribution in [3.8, 4) is 0 Å². The minimum absolute atomic E-state index is 0.288. The standard InChI is InChI=1S/C20H26F3N5/c1-3-24-18(25-13-17-8-11-27-28(17)2)26-14-19(9-5-10-19)15-6-4-7-16(12-15)20(21,22)23/h4,6-8,11-12H,3,5,9-10,13-14H2,1-2H3,(H2,24,25,26). The van der Waals surface area contributed by atoms with Gasteiger partial charge in [0.25, 0.3) is 0 Å². The van der Waals surface area contributed by atoms with E-state index in [1.54, 1.807) is 16.9 Å². The van der Waals surface area contributed by atoms with Gasteiger partial charge < -0.3 is 10.6 Å². The number of alkyl halides is 3. The predicted molar refractivity (Wildman–Crippen MR) is 103 cm³/mol. The number of hydrogen-bond acceptors (Lipinski definition) is 2. The highest BCUT2D eigenvalue weighted by Gasteiger charge is 2.40. The second-order valence-corrected chi connectivity index (χ2v) is 7.21. The van der Waals surface area contributed by atoms with Gasteiger partial charge in [-0.05, 0) is 37.5 Å². The van der Waals surface area contributed by atoms with Gasteiger partial charge in [-0.15, -0.1) is 0 Å². The Labute approximate surface area is 163 Å².